The molecule has 3 N–H and O–H groups in total. The number of hydrogen-bond acceptors (Lipinski definition) is 3. The van der Waals surface area contributed by atoms with Gasteiger partial charge in [-0.05, 0) is 24.3 Å². The minimum absolute atomic E-state index is 0.00346. The predicted molar refractivity (Wildman–Crippen MR) is 71.2 cm³/mol. The van der Waals surface area contributed by atoms with E-state index in [-0.39, 0.29) is 22.7 Å². The zero-order valence-electron chi connectivity index (χ0n) is 10.3. The molecule has 7 heteroatoms. The quantitative estimate of drug-likeness (QED) is 0.848. The average Bonchev–Trinajstić information content (AvgIpc) is 2.37. The fourth-order valence-corrected chi connectivity index (χ4v) is 2.71. The van der Waals surface area contributed by atoms with E-state index in [1.165, 1.54) is 18.2 Å². The summed E-state index contributed by atoms with van der Waals surface area (Å²) >= 11 is 0. The molecule has 0 saturated heterocycles. The van der Waals surface area contributed by atoms with Crippen LogP contribution < -0.4 is 10.5 Å². The van der Waals surface area contributed by atoms with Crippen molar-refractivity contribution >= 4 is 15.7 Å². The number of anilines is 1. The highest BCUT2D eigenvalue weighted by atomic mass is 32.2. The van der Waals surface area contributed by atoms with Gasteiger partial charge in [0.1, 0.15) is 11.6 Å². The van der Waals surface area contributed by atoms with Crippen LogP contribution in [-0.2, 0) is 16.6 Å². The molecule has 0 unspecified atom stereocenters. The highest BCUT2D eigenvalue weighted by Crippen LogP contribution is 2.16. The number of rotatable bonds is 4. The monoisotopic (exact) mass is 298 g/mol. The molecule has 0 aromatic heterocycles. The maximum atomic E-state index is 13.4. The summed E-state index contributed by atoms with van der Waals surface area (Å²) in [6, 6.07) is 8.76. The second-order valence-corrected chi connectivity index (χ2v) is 5.90. The first-order chi connectivity index (χ1) is 9.38. The Labute approximate surface area is 115 Å². The van der Waals surface area contributed by atoms with Crippen LogP contribution in [0.4, 0.5) is 14.5 Å². The Morgan fingerprint density at radius 2 is 1.80 bits per heavy atom. The van der Waals surface area contributed by atoms with Gasteiger partial charge >= 0.3 is 0 Å². The molecule has 4 nitrogen and oxygen atoms in total. The fraction of sp³-hybridized carbons (Fsp3) is 0.0769. The molecule has 2 aromatic carbocycles. The van der Waals surface area contributed by atoms with Gasteiger partial charge in [0.15, 0.2) is 0 Å². The lowest BCUT2D eigenvalue weighted by molar-refractivity contribution is 0.571. The van der Waals surface area contributed by atoms with Crippen molar-refractivity contribution in [3.8, 4) is 0 Å². The van der Waals surface area contributed by atoms with Gasteiger partial charge in [-0.15, -0.1) is 0 Å². The maximum Gasteiger partial charge on any atom is 0.241 e. The van der Waals surface area contributed by atoms with Crippen molar-refractivity contribution in [2.45, 2.75) is 11.4 Å². The molecule has 0 atom stereocenters. The summed E-state index contributed by atoms with van der Waals surface area (Å²) in [5.74, 6) is -1.27. The van der Waals surface area contributed by atoms with Gasteiger partial charge in [-0.1, -0.05) is 18.2 Å². The Hall–Kier alpha value is -1.99. The normalized spacial score (nSPS) is 11.5. The molecule has 2 rings (SSSR count). The smallest absolute Gasteiger partial charge is 0.241 e. The zero-order valence-corrected chi connectivity index (χ0v) is 11.1. The van der Waals surface area contributed by atoms with Crippen LogP contribution in [0.2, 0.25) is 0 Å². The lowest BCUT2D eigenvalue weighted by Gasteiger charge is -2.08. The summed E-state index contributed by atoms with van der Waals surface area (Å²) in [6.07, 6.45) is 0. The van der Waals surface area contributed by atoms with Crippen LogP contribution in [0.15, 0.2) is 47.4 Å². The first kappa shape index (κ1) is 14.4. The Kier molecular flexibility index (Phi) is 4.01. The lowest BCUT2D eigenvalue weighted by atomic mass is 10.2. The third kappa shape index (κ3) is 3.31. The highest BCUT2D eigenvalue weighted by molar-refractivity contribution is 7.89. The minimum Gasteiger partial charge on any atom is -0.399 e. The molecule has 106 valence electrons. The van der Waals surface area contributed by atoms with Crippen LogP contribution in [0, 0.1) is 11.6 Å². The van der Waals surface area contributed by atoms with Crippen molar-refractivity contribution in [1.29, 1.82) is 0 Å². The molecule has 0 spiro atoms. The molecule has 0 heterocycles. The van der Waals surface area contributed by atoms with Gasteiger partial charge in [0.25, 0.3) is 0 Å². The molecule has 0 bridgehead atoms. The first-order valence-electron chi connectivity index (χ1n) is 5.67. The van der Waals surface area contributed by atoms with Crippen molar-refractivity contribution < 1.29 is 17.2 Å². The predicted octanol–water partition coefficient (Wildman–Crippen LogP) is 2.03. The van der Waals surface area contributed by atoms with Crippen molar-refractivity contribution in [3.05, 3.63) is 59.7 Å². The van der Waals surface area contributed by atoms with E-state index >= 15 is 0 Å². The van der Waals surface area contributed by atoms with Gasteiger partial charge in [-0.2, -0.15) is 0 Å². The molecule has 20 heavy (non-hydrogen) atoms. The summed E-state index contributed by atoms with van der Waals surface area (Å²) < 4.78 is 52.7. The summed E-state index contributed by atoms with van der Waals surface area (Å²) in [5, 5.41) is 0. The van der Waals surface area contributed by atoms with Crippen molar-refractivity contribution in [2.24, 2.45) is 0 Å². The SMILES string of the molecule is Nc1cc(F)cc(S(=O)(=O)NCc2ccccc2F)c1. The van der Waals surface area contributed by atoms with E-state index in [4.69, 9.17) is 5.73 Å². The van der Waals surface area contributed by atoms with Crippen molar-refractivity contribution in [2.75, 3.05) is 5.73 Å². The van der Waals surface area contributed by atoms with Crippen molar-refractivity contribution in [1.82, 2.24) is 4.72 Å². The number of halogens is 2. The number of sulfonamides is 1. The molecular weight excluding hydrogens is 286 g/mol. The van der Waals surface area contributed by atoms with Gasteiger partial charge in [0, 0.05) is 17.8 Å². The van der Waals surface area contributed by atoms with E-state index in [9.17, 15) is 17.2 Å². The number of nitrogens with two attached hydrogens (primary N) is 1. The number of benzene rings is 2. The largest absolute Gasteiger partial charge is 0.399 e. The molecule has 0 fully saturated rings. The van der Waals surface area contributed by atoms with E-state index in [0.29, 0.717) is 0 Å². The van der Waals surface area contributed by atoms with Gasteiger partial charge in [-0.25, -0.2) is 21.9 Å². The van der Waals surface area contributed by atoms with Crippen molar-refractivity contribution in [3.63, 3.8) is 0 Å². The Bertz CT molecular complexity index is 713. The molecule has 2 aromatic rings. The van der Waals surface area contributed by atoms with Crippen LogP contribution in [0.1, 0.15) is 5.56 Å². The lowest BCUT2D eigenvalue weighted by Crippen LogP contribution is -2.24. The van der Waals surface area contributed by atoms with Gasteiger partial charge in [0.05, 0.1) is 4.90 Å². The standard InChI is InChI=1S/C13H12F2N2O2S/c14-10-5-11(16)7-12(6-10)20(18,19)17-8-9-3-1-2-4-13(9)15/h1-7,17H,8,16H2. The summed E-state index contributed by atoms with van der Waals surface area (Å²) in [4.78, 5) is -0.300. The van der Waals surface area contributed by atoms with Crippen LogP contribution >= 0.6 is 0 Å². The maximum absolute atomic E-state index is 13.4. The van der Waals surface area contributed by atoms with Gasteiger partial charge < -0.3 is 5.73 Å². The van der Waals surface area contributed by atoms with E-state index in [1.807, 2.05) is 0 Å². The van der Waals surface area contributed by atoms with E-state index in [0.717, 1.165) is 18.2 Å². The van der Waals surface area contributed by atoms with Gasteiger partial charge in [-0.3, -0.25) is 0 Å². The van der Waals surface area contributed by atoms with E-state index in [2.05, 4.69) is 4.72 Å². The first-order valence-corrected chi connectivity index (χ1v) is 7.16. The van der Waals surface area contributed by atoms with Gasteiger partial charge in [0.2, 0.25) is 10.0 Å². The van der Waals surface area contributed by atoms with Crippen LogP contribution in [0.5, 0.6) is 0 Å². The summed E-state index contributed by atoms with van der Waals surface area (Å²) in [6.45, 7) is -0.231. The molecule has 0 radical (unpaired) electrons. The minimum atomic E-state index is -3.96. The molecule has 0 saturated carbocycles. The zero-order chi connectivity index (χ0) is 14.8. The van der Waals surface area contributed by atoms with E-state index < -0.39 is 21.7 Å². The molecule has 0 amide bonds. The third-order valence-corrected chi connectivity index (χ3v) is 4.00. The second kappa shape index (κ2) is 5.56. The van der Waals surface area contributed by atoms with Crippen LogP contribution in [0.3, 0.4) is 0 Å². The molecule has 0 aliphatic carbocycles. The third-order valence-electron chi connectivity index (χ3n) is 2.61. The molecular formula is C13H12F2N2O2S. The average molecular weight is 298 g/mol. The fourth-order valence-electron chi connectivity index (χ4n) is 1.64. The number of nitrogen functional groups attached to an aromatic ring is 1. The Morgan fingerprint density at radius 3 is 2.45 bits per heavy atom. The molecule has 0 aliphatic rings. The highest BCUT2D eigenvalue weighted by Gasteiger charge is 2.16. The second-order valence-electron chi connectivity index (χ2n) is 4.14. The topological polar surface area (TPSA) is 72.2 Å². The number of hydrogen-bond donors (Lipinski definition) is 2. The number of nitrogens with one attached hydrogen (secondary N) is 1. The summed E-state index contributed by atoms with van der Waals surface area (Å²) in [7, 11) is -3.96. The van der Waals surface area contributed by atoms with Crippen LogP contribution in [-0.4, -0.2) is 8.42 Å². The Morgan fingerprint density at radius 1 is 1.10 bits per heavy atom. The van der Waals surface area contributed by atoms with Crippen LogP contribution in [0.25, 0.3) is 0 Å². The Balaban J connectivity index is 2.22. The molecule has 0 aliphatic heterocycles. The van der Waals surface area contributed by atoms with E-state index in [1.54, 1.807) is 6.07 Å². The summed E-state index contributed by atoms with van der Waals surface area (Å²) in [5.41, 5.74) is 5.59.